The Morgan fingerprint density at radius 1 is 0.429 bits per heavy atom. The molecule has 0 radical (unpaired) electrons. The van der Waals surface area contributed by atoms with E-state index in [1.54, 1.807) is 0 Å². The number of aromatic nitrogens is 1. The summed E-state index contributed by atoms with van der Waals surface area (Å²) in [6, 6.07) is 55.3. The van der Waals surface area contributed by atoms with Crippen LogP contribution in [-0.2, 0) is 0 Å². The molecule has 0 N–H and O–H groups in total. The Morgan fingerprint density at radius 3 is 1.95 bits per heavy atom. The van der Waals surface area contributed by atoms with Gasteiger partial charge in [-0.25, -0.2) is 0 Å². The Kier molecular flexibility index (Phi) is 5.13. The highest BCUT2D eigenvalue weighted by Crippen LogP contribution is 2.45. The van der Waals surface area contributed by atoms with Crippen LogP contribution in [0.25, 0.3) is 80.7 Å². The summed E-state index contributed by atoms with van der Waals surface area (Å²) in [6.07, 6.45) is 0. The molecule has 9 aromatic rings. The Balaban J connectivity index is 1.30. The first-order valence-electron chi connectivity index (χ1n) is 14.4. The van der Waals surface area contributed by atoms with Crippen LogP contribution in [0.3, 0.4) is 0 Å². The molecule has 42 heavy (non-hydrogen) atoms. The van der Waals surface area contributed by atoms with Crippen molar-refractivity contribution in [2.45, 2.75) is 0 Å². The summed E-state index contributed by atoms with van der Waals surface area (Å²) in [5.41, 5.74) is 8.60. The molecule has 0 saturated heterocycles. The monoisotopic (exact) mass is 551 g/mol. The van der Waals surface area contributed by atoms with Crippen molar-refractivity contribution in [2.75, 3.05) is 0 Å². The Bertz CT molecular complexity index is 2440. The second-order valence-electron chi connectivity index (χ2n) is 10.9. The van der Waals surface area contributed by atoms with Gasteiger partial charge < -0.3 is 4.57 Å². The number of hydrogen-bond donors (Lipinski definition) is 0. The molecule has 0 bridgehead atoms. The van der Waals surface area contributed by atoms with E-state index in [0.717, 1.165) is 0 Å². The Morgan fingerprint density at radius 2 is 1.10 bits per heavy atom. The lowest BCUT2D eigenvalue weighted by molar-refractivity contribution is 1.19. The maximum atomic E-state index is 2.48. The first kappa shape index (κ1) is 23.5. The molecule has 2 heterocycles. The molecule has 0 saturated carbocycles. The third-order valence-electron chi connectivity index (χ3n) is 8.59. The SMILES string of the molecule is c1ccc(-c2ccc(-c3cccc(-n4c5ccccc5c5ccc6sc7c8ccccc8ccc7c6c54)c3)cc2)cc1. The highest BCUT2D eigenvalue weighted by Gasteiger charge is 2.19. The van der Waals surface area contributed by atoms with Crippen molar-refractivity contribution in [3.8, 4) is 27.9 Å². The van der Waals surface area contributed by atoms with Gasteiger partial charge in [0.05, 0.1) is 11.0 Å². The maximum absolute atomic E-state index is 2.48. The molecular weight excluding hydrogens is 527 g/mol. The quantitative estimate of drug-likeness (QED) is 0.206. The number of para-hydroxylation sites is 1. The van der Waals surface area contributed by atoms with E-state index in [2.05, 4.69) is 156 Å². The average Bonchev–Trinajstić information content (AvgIpc) is 3.61. The summed E-state index contributed by atoms with van der Waals surface area (Å²) in [7, 11) is 0. The van der Waals surface area contributed by atoms with E-state index >= 15 is 0 Å². The number of benzene rings is 7. The van der Waals surface area contributed by atoms with Gasteiger partial charge in [0.25, 0.3) is 0 Å². The topological polar surface area (TPSA) is 4.93 Å². The van der Waals surface area contributed by atoms with Crippen LogP contribution in [0.2, 0.25) is 0 Å². The number of hydrogen-bond acceptors (Lipinski definition) is 1. The van der Waals surface area contributed by atoms with Crippen molar-refractivity contribution >= 4 is 64.1 Å². The maximum Gasteiger partial charge on any atom is 0.0634 e. The summed E-state index contributed by atoms with van der Waals surface area (Å²) in [5, 5.41) is 7.87. The van der Waals surface area contributed by atoms with Crippen molar-refractivity contribution < 1.29 is 0 Å². The van der Waals surface area contributed by atoms with Crippen molar-refractivity contribution in [1.82, 2.24) is 4.57 Å². The molecule has 0 fully saturated rings. The summed E-state index contributed by atoms with van der Waals surface area (Å²) >= 11 is 1.91. The second kappa shape index (κ2) is 9.17. The van der Waals surface area contributed by atoms with E-state index in [4.69, 9.17) is 0 Å². The van der Waals surface area contributed by atoms with Crippen LogP contribution < -0.4 is 0 Å². The lowest BCUT2D eigenvalue weighted by Crippen LogP contribution is -1.94. The zero-order valence-electron chi connectivity index (χ0n) is 22.8. The molecule has 0 aliphatic rings. The molecular formula is C40H25NS. The average molecular weight is 552 g/mol. The molecule has 2 aromatic heterocycles. The molecule has 0 aliphatic carbocycles. The van der Waals surface area contributed by atoms with Crippen LogP contribution >= 0.6 is 11.3 Å². The van der Waals surface area contributed by atoms with Crippen LogP contribution in [0.5, 0.6) is 0 Å². The van der Waals surface area contributed by atoms with E-state index < -0.39 is 0 Å². The lowest BCUT2D eigenvalue weighted by atomic mass is 10.00. The van der Waals surface area contributed by atoms with Crippen molar-refractivity contribution in [2.24, 2.45) is 0 Å². The van der Waals surface area contributed by atoms with Crippen LogP contribution in [0.4, 0.5) is 0 Å². The van der Waals surface area contributed by atoms with Gasteiger partial charge in [-0.1, -0.05) is 127 Å². The minimum absolute atomic E-state index is 1.18. The Labute approximate surface area is 247 Å². The number of rotatable bonds is 3. The first-order valence-corrected chi connectivity index (χ1v) is 15.2. The number of nitrogens with zero attached hydrogens (tertiary/aromatic N) is 1. The fraction of sp³-hybridized carbons (Fsp3) is 0. The standard InChI is InChI=1S/C40H25NS/c1-2-9-26(10-3-1)27-17-19-28(20-18-27)30-12-8-13-31(25-30)41-36-16-7-6-15-33(36)34-23-24-37-38(39(34)41)35-22-21-29-11-4-5-14-32(29)40(35)42-37/h1-25H. The van der Waals surface area contributed by atoms with Gasteiger partial charge in [-0.15, -0.1) is 11.3 Å². The molecule has 0 amide bonds. The molecule has 7 aromatic carbocycles. The summed E-state index contributed by atoms with van der Waals surface area (Å²) in [5.74, 6) is 0. The molecule has 0 aliphatic heterocycles. The predicted molar refractivity (Wildman–Crippen MR) is 182 cm³/mol. The van der Waals surface area contributed by atoms with Crippen LogP contribution in [0.1, 0.15) is 0 Å². The van der Waals surface area contributed by atoms with Gasteiger partial charge in [-0.2, -0.15) is 0 Å². The minimum Gasteiger partial charge on any atom is -0.309 e. The lowest BCUT2D eigenvalue weighted by Gasteiger charge is -2.12. The van der Waals surface area contributed by atoms with Crippen molar-refractivity contribution in [1.29, 1.82) is 0 Å². The van der Waals surface area contributed by atoms with Gasteiger partial charge in [0.15, 0.2) is 0 Å². The van der Waals surface area contributed by atoms with Crippen LogP contribution in [0, 0.1) is 0 Å². The molecule has 2 heteroatoms. The van der Waals surface area contributed by atoms with E-state index in [-0.39, 0.29) is 0 Å². The fourth-order valence-corrected chi connectivity index (χ4v) is 7.86. The Hall–Kier alpha value is -5.18. The summed E-state index contributed by atoms with van der Waals surface area (Å²) in [4.78, 5) is 0. The van der Waals surface area contributed by atoms with Crippen molar-refractivity contribution in [3.63, 3.8) is 0 Å². The molecule has 9 rings (SSSR count). The van der Waals surface area contributed by atoms with Gasteiger partial charge in [0.1, 0.15) is 0 Å². The van der Waals surface area contributed by atoms with Crippen LogP contribution in [0.15, 0.2) is 152 Å². The number of fused-ring (bicyclic) bond motifs is 9. The van der Waals surface area contributed by atoms with Gasteiger partial charge in [-0.05, 0) is 57.3 Å². The predicted octanol–water partition coefficient (Wildman–Crippen LogP) is 11.6. The smallest absolute Gasteiger partial charge is 0.0634 e. The highest BCUT2D eigenvalue weighted by molar-refractivity contribution is 7.26. The number of thiophene rings is 1. The minimum atomic E-state index is 1.18. The van der Waals surface area contributed by atoms with Gasteiger partial charge in [-0.3, -0.25) is 0 Å². The largest absolute Gasteiger partial charge is 0.309 e. The zero-order chi connectivity index (χ0) is 27.6. The second-order valence-corrected chi connectivity index (χ2v) is 12.0. The van der Waals surface area contributed by atoms with Gasteiger partial charge in [0, 0.05) is 36.6 Å². The van der Waals surface area contributed by atoms with Gasteiger partial charge in [0.2, 0.25) is 0 Å². The zero-order valence-corrected chi connectivity index (χ0v) is 23.6. The molecule has 0 unspecified atom stereocenters. The molecule has 1 nitrogen and oxygen atoms in total. The first-order chi connectivity index (χ1) is 20.8. The van der Waals surface area contributed by atoms with Crippen LogP contribution in [-0.4, -0.2) is 4.57 Å². The highest BCUT2D eigenvalue weighted by atomic mass is 32.1. The fourth-order valence-electron chi connectivity index (χ4n) is 6.62. The molecule has 0 atom stereocenters. The molecule has 0 spiro atoms. The van der Waals surface area contributed by atoms with Gasteiger partial charge >= 0.3 is 0 Å². The van der Waals surface area contributed by atoms with E-state index in [9.17, 15) is 0 Å². The molecule has 196 valence electrons. The van der Waals surface area contributed by atoms with E-state index in [1.807, 2.05) is 11.3 Å². The normalized spacial score (nSPS) is 11.8. The van der Waals surface area contributed by atoms with Crippen molar-refractivity contribution in [3.05, 3.63) is 152 Å². The third-order valence-corrected chi connectivity index (χ3v) is 9.79. The third kappa shape index (κ3) is 3.49. The summed E-state index contributed by atoms with van der Waals surface area (Å²) in [6.45, 7) is 0. The van der Waals surface area contributed by atoms with E-state index in [0.29, 0.717) is 0 Å². The van der Waals surface area contributed by atoms with E-state index in [1.165, 1.54) is 80.7 Å². The summed E-state index contributed by atoms with van der Waals surface area (Å²) < 4.78 is 5.17.